The molecule has 0 aromatic carbocycles. The zero-order valence-electron chi connectivity index (χ0n) is 5.81. The van der Waals surface area contributed by atoms with Crippen molar-refractivity contribution in [2.45, 2.75) is 13.3 Å². The van der Waals surface area contributed by atoms with Gasteiger partial charge in [-0.15, -0.1) is 0 Å². The van der Waals surface area contributed by atoms with Crippen molar-refractivity contribution in [1.82, 2.24) is 0 Å². The highest BCUT2D eigenvalue weighted by molar-refractivity contribution is 5.23. The van der Waals surface area contributed by atoms with Crippen molar-refractivity contribution in [2.24, 2.45) is 11.3 Å². The Morgan fingerprint density at radius 1 is 1.78 bits per heavy atom. The molecule has 2 fully saturated rings. The molecule has 0 N–H and O–H groups in total. The average Bonchev–Trinajstić information content (AvgIpc) is 2.44. The molecule has 2 unspecified atom stereocenters. The Kier molecular flexibility index (Phi) is 0.854. The Balaban J connectivity index is 2.19. The highest BCUT2D eigenvalue weighted by atomic mass is 16.5. The Hall–Kier alpha value is -0.300. The number of fused-ring (bicyclic) bond motifs is 1. The zero-order valence-corrected chi connectivity index (χ0v) is 5.81. The van der Waals surface area contributed by atoms with E-state index in [9.17, 15) is 0 Å². The molecule has 9 heavy (non-hydrogen) atoms. The molecule has 1 saturated heterocycles. The molecule has 2 rings (SSSR count). The van der Waals surface area contributed by atoms with Gasteiger partial charge in [0.1, 0.15) is 0 Å². The van der Waals surface area contributed by atoms with Crippen LogP contribution in [0.5, 0.6) is 0 Å². The van der Waals surface area contributed by atoms with Crippen LogP contribution >= 0.6 is 0 Å². The largest absolute Gasteiger partial charge is 0.377 e. The summed E-state index contributed by atoms with van der Waals surface area (Å²) in [4.78, 5) is 0. The van der Waals surface area contributed by atoms with Crippen LogP contribution in [-0.2, 0) is 4.74 Å². The molecule has 2 atom stereocenters. The van der Waals surface area contributed by atoms with Crippen LogP contribution in [0.15, 0.2) is 12.2 Å². The molecule has 1 aliphatic carbocycles. The van der Waals surface area contributed by atoms with Gasteiger partial charge in [0.25, 0.3) is 0 Å². The lowest BCUT2D eigenvalue weighted by Gasteiger charge is -2.20. The fraction of sp³-hybridized carbons (Fsp3) is 0.750. The summed E-state index contributed by atoms with van der Waals surface area (Å²) in [5.74, 6) is 0.804. The fourth-order valence-electron chi connectivity index (χ4n) is 1.62. The average molecular weight is 124 g/mol. The van der Waals surface area contributed by atoms with E-state index in [0.717, 1.165) is 19.1 Å². The zero-order chi connectivity index (χ0) is 6.48. The monoisotopic (exact) mass is 124 g/mol. The minimum absolute atomic E-state index is 0.484. The summed E-state index contributed by atoms with van der Waals surface area (Å²) in [5.41, 5.74) is 1.79. The Morgan fingerprint density at radius 2 is 2.56 bits per heavy atom. The first-order chi connectivity index (χ1) is 4.23. The normalized spacial score (nSPS) is 48.6. The van der Waals surface area contributed by atoms with Crippen molar-refractivity contribution in [3.05, 3.63) is 12.2 Å². The summed E-state index contributed by atoms with van der Waals surface area (Å²) in [5, 5.41) is 0. The van der Waals surface area contributed by atoms with Crippen LogP contribution in [0.1, 0.15) is 13.3 Å². The van der Waals surface area contributed by atoms with E-state index in [-0.39, 0.29) is 0 Å². The summed E-state index contributed by atoms with van der Waals surface area (Å²) in [6, 6.07) is 0. The first-order valence-electron chi connectivity index (χ1n) is 3.49. The van der Waals surface area contributed by atoms with Crippen molar-refractivity contribution in [3.8, 4) is 0 Å². The van der Waals surface area contributed by atoms with E-state index in [4.69, 9.17) is 4.74 Å². The van der Waals surface area contributed by atoms with Crippen molar-refractivity contribution in [1.29, 1.82) is 0 Å². The van der Waals surface area contributed by atoms with E-state index in [0.29, 0.717) is 5.41 Å². The summed E-state index contributed by atoms with van der Waals surface area (Å²) in [6.07, 6.45) is 1.31. The van der Waals surface area contributed by atoms with Crippen LogP contribution < -0.4 is 0 Å². The summed E-state index contributed by atoms with van der Waals surface area (Å²) < 4.78 is 5.30. The quantitative estimate of drug-likeness (QED) is 0.446. The van der Waals surface area contributed by atoms with Crippen LogP contribution in [0, 0.1) is 11.3 Å². The van der Waals surface area contributed by atoms with Crippen LogP contribution in [0.3, 0.4) is 0 Å². The van der Waals surface area contributed by atoms with Gasteiger partial charge in [0.05, 0.1) is 13.2 Å². The molecule has 50 valence electrons. The second-order valence-corrected chi connectivity index (χ2v) is 3.44. The predicted molar refractivity (Wildman–Crippen MR) is 36.2 cm³/mol. The third-order valence-electron chi connectivity index (χ3n) is 2.81. The molecule has 1 heteroatoms. The molecule has 0 aromatic rings. The van der Waals surface area contributed by atoms with Gasteiger partial charge in [-0.3, -0.25) is 0 Å². The Morgan fingerprint density at radius 3 is 3.11 bits per heavy atom. The summed E-state index contributed by atoms with van der Waals surface area (Å²) >= 11 is 0. The SMILES string of the molecule is C=C1COCC2CC12C. The van der Waals surface area contributed by atoms with Crippen LogP contribution in [0.4, 0.5) is 0 Å². The predicted octanol–water partition coefficient (Wildman–Crippen LogP) is 1.60. The minimum atomic E-state index is 0.484. The van der Waals surface area contributed by atoms with Gasteiger partial charge in [-0.05, 0) is 23.3 Å². The molecule has 0 aromatic heterocycles. The third-order valence-corrected chi connectivity index (χ3v) is 2.81. The number of hydrogen-bond donors (Lipinski definition) is 0. The molecule has 1 heterocycles. The van der Waals surface area contributed by atoms with Gasteiger partial charge < -0.3 is 4.74 Å². The lowest BCUT2D eigenvalue weighted by atomic mass is 9.96. The van der Waals surface area contributed by atoms with Crippen molar-refractivity contribution < 1.29 is 4.74 Å². The maximum atomic E-state index is 5.30. The first-order valence-corrected chi connectivity index (χ1v) is 3.49. The van der Waals surface area contributed by atoms with E-state index in [1.165, 1.54) is 12.0 Å². The second-order valence-electron chi connectivity index (χ2n) is 3.44. The molecular weight excluding hydrogens is 112 g/mol. The maximum Gasteiger partial charge on any atom is 0.0679 e. The summed E-state index contributed by atoms with van der Waals surface area (Å²) in [6.45, 7) is 8.04. The molecule has 1 aliphatic heterocycles. The fourth-order valence-corrected chi connectivity index (χ4v) is 1.62. The molecule has 0 spiro atoms. The lowest BCUT2D eigenvalue weighted by molar-refractivity contribution is 0.106. The van der Waals surface area contributed by atoms with Gasteiger partial charge in [-0.1, -0.05) is 13.5 Å². The van der Waals surface area contributed by atoms with Crippen LogP contribution in [-0.4, -0.2) is 13.2 Å². The minimum Gasteiger partial charge on any atom is -0.377 e. The maximum absolute atomic E-state index is 5.30. The molecular formula is C8H12O. The van der Waals surface area contributed by atoms with Crippen molar-refractivity contribution in [2.75, 3.05) is 13.2 Å². The van der Waals surface area contributed by atoms with E-state index in [1.54, 1.807) is 0 Å². The van der Waals surface area contributed by atoms with E-state index < -0.39 is 0 Å². The van der Waals surface area contributed by atoms with Gasteiger partial charge in [0.15, 0.2) is 0 Å². The number of hydrogen-bond acceptors (Lipinski definition) is 1. The molecule has 2 aliphatic rings. The summed E-state index contributed by atoms with van der Waals surface area (Å²) in [7, 11) is 0. The van der Waals surface area contributed by atoms with Crippen LogP contribution in [0.2, 0.25) is 0 Å². The highest BCUT2D eigenvalue weighted by Crippen LogP contribution is 2.58. The van der Waals surface area contributed by atoms with E-state index in [2.05, 4.69) is 13.5 Å². The third kappa shape index (κ3) is 0.584. The standard InChI is InChI=1S/C8H12O/c1-6-4-9-5-7-3-8(6,7)2/h7H,1,3-5H2,2H3. The smallest absolute Gasteiger partial charge is 0.0679 e. The molecule has 0 bridgehead atoms. The van der Waals surface area contributed by atoms with Gasteiger partial charge >= 0.3 is 0 Å². The molecule has 1 saturated carbocycles. The van der Waals surface area contributed by atoms with Crippen molar-refractivity contribution >= 4 is 0 Å². The number of ether oxygens (including phenoxy) is 1. The first kappa shape index (κ1) is 5.48. The second kappa shape index (κ2) is 1.40. The van der Waals surface area contributed by atoms with Gasteiger partial charge in [-0.25, -0.2) is 0 Å². The van der Waals surface area contributed by atoms with E-state index >= 15 is 0 Å². The van der Waals surface area contributed by atoms with Gasteiger partial charge in [0, 0.05) is 0 Å². The van der Waals surface area contributed by atoms with Crippen molar-refractivity contribution in [3.63, 3.8) is 0 Å². The Bertz CT molecular complexity index is 162. The lowest BCUT2D eigenvalue weighted by Crippen LogP contribution is -2.17. The van der Waals surface area contributed by atoms with Crippen LogP contribution in [0.25, 0.3) is 0 Å². The Labute approximate surface area is 55.7 Å². The number of rotatable bonds is 0. The van der Waals surface area contributed by atoms with E-state index in [1.807, 2.05) is 0 Å². The topological polar surface area (TPSA) is 9.23 Å². The highest BCUT2D eigenvalue weighted by Gasteiger charge is 2.53. The van der Waals surface area contributed by atoms with Gasteiger partial charge in [0.2, 0.25) is 0 Å². The molecule has 0 radical (unpaired) electrons. The van der Waals surface area contributed by atoms with Gasteiger partial charge in [-0.2, -0.15) is 0 Å². The molecule has 0 amide bonds. The molecule has 1 nitrogen and oxygen atoms in total.